The van der Waals surface area contributed by atoms with Gasteiger partial charge in [-0.3, -0.25) is 9.53 Å². The molecule has 0 amide bonds. The molecule has 13 atom stereocenters. The molecule has 4 aliphatic heterocycles. The Labute approximate surface area is 312 Å². The second kappa shape index (κ2) is 13.1. The van der Waals surface area contributed by atoms with Crippen LogP contribution in [-0.4, -0.2) is 67.3 Å². The zero-order valence-electron chi connectivity index (χ0n) is 31.4. The minimum Gasteiger partial charge on any atom is -0.452 e. The number of rotatable bonds is 14. The van der Waals surface area contributed by atoms with Crippen molar-refractivity contribution >= 4 is 12.3 Å². The highest BCUT2D eigenvalue weighted by Crippen LogP contribution is 2.83. The van der Waals surface area contributed by atoms with Crippen LogP contribution in [0.5, 0.6) is 0 Å². The van der Waals surface area contributed by atoms with E-state index in [-0.39, 0.29) is 36.2 Å². The molecule has 0 spiro atoms. The second-order valence-electron chi connectivity index (χ2n) is 17.3. The Bertz CT molecular complexity index is 1690. The summed E-state index contributed by atoms with van der Waals surface area (Å²) in [4.78, 5) is 30.0. The van der Waals surface area contributed by atoms with Crippen LogP contribution in [-0.2, 0) is 38.0 Å². The molecule has 7 fully saturated rings. The quantitative estimate of drug-likeness (QED) is 0.0961. The van der Waals surface area contributed by atoms with Crippen LogP contribution in [0.25, 0.3) is 0 Å². The van der Waals surface area contributed by atoms with E-state index in [2.05, 4.69) is 33.8 Å². The first-order valence-corrected chi connectivity index (χ1v) is 20.1. The molecule has 0 aromatic heterocycles. The van der Waals surface area contributed by atoms with Gasteiger partial charge in [0.2, 0.25) is 0 Å². The number of allylic oxidation sites excluding steroid dienone is 1. The summed E-state index contributed by atoms with van der Waals surface area (Å²) in [5.74, 6) is -1.61. The number of hydrogen-bond acceptors (Lipinski definition) is 9. The number of carbonyl (C=O) groups is 2. The van der Waals surface area contributed by atoms with E-state index in [1.54, 1.807) is 0 Å². The molecule has 53 heavy (non-hydrogen) atoms. The van der Waals surface area contributed by atoms with Crippen LogP contribution in [0, 0.1) is 45.8 Å². The minimum atomic E-state index is -1.76. The van der Waals surface area contributed by atoms with Crippen molar-refractivity contribution < 1.29 is 43.1 Å². The normalized spacial score (nSPS) is 42.8. The molecule has 284 valence electrons. The van der Waals surface area contributed by atoms with Crippen LogP contribution in [0.3, 0.4) is 0 Å². The van der Waals surface area contributed by atoms with E-state index in [1.807, 2.05) is 60.7 Å². The summed E-state index contributed by atoms with van der Waals surface area (Å²) < 4.78 is 38.8. The molecular formula is C44H54O9. The summed E-state index contributed by atoms with van der Waals surface area (Å²) in [6.45, 7) is 9.27. The Balaban J connectivity index is 1.11. The number of benzene rings is 2. The fourth-order valence-corrected chi connectivity index (χ4v) is 12.4. The van der Waals surface area contributed by atoms with Crippen molar-refractivity contribution in [1.29, 1.82) is 0 Å². The van der Waals surface area contributed by atoms with E-state index in [9.17, 15) is 9.90 Å². The van der Waals surface area contributed by atoms with Gasteiger partial charge in [-0.25, -0.2) is 0 Å². The zero-order chi connectivity index (χ0) is 36.8. The highest BCUT2D eigenvalue weighted by molar-refractivity contribution is 5.92. The molecule has 9 heteroatoms. The average Bonchev–Trinajstić information content (AvgIpc) is 3.91. The minimum absolute atomic E-state index is 0.0257. The predicted molar refractivity (Wildman–Crippen MR) is 194 cm³/mol. The predicted octanol–water partition coefficient (Wildman–Crippen LogP) is 6.92. The van der Waals surface area contributed by atoms with Gasteiger partial charge in [-0.2, -0.15) is 0 Å². The van der Waals surface area contributed by atoms with Gasteiger partial charge in [0.15, 0.2) is 18.5 Å². The maximum atomic E-state index is 15.8. The summed E-state index contributed by atoms with van der Waals surface area (Å²) in [6.07, 6.45) is 5.30. The van der Waals surface area contributed by atoms with Gasteiger partial charge in [-0.15, -0.1) is 0 Å². The summed E-state index contributed by atoms with van der Waals surface area (Å²) in [7, 11) is 0. The Morgan fingerprint density at radius 2 is 1.70 bits per heavy atom. The molecule has 8 aliphatic rings. The molecule has 4 heterocycles. The largest absolute Gasteiger partial charge is 0.452 e. The van der Waals surface area contributed by atoms with Gasteiger partial charge in [0.1, 0.15) is 30.0 Å². The average molecular weight is 727 g/mol. The third-order valence-electron chi connectivity index (χ3n) is 14.6. The standard InChI is InChI=1S/C44H54O9/c1-5-6-13-20-48-35-36-38(46)44(52-37(35)39(50-36)53-44)49-25-42-23-31-27(4)18-19-32(31)41(24-45)22-30(42)21-33(26(2)3)43(41,42)40(47)51-34(28-14-9-7-10-15-28)29-16-11-8-12-17-29/h7-12,14-17,21,24,26-27,30-32,34-39,46H,5-6,13,18-20,22-23,25H2,1-4H3. The number of aliphatic hydroxyl groups is 1. The van der Waals surface area contributed by atoms with Crippen molar-refractivity contribution in [3.63, 3.8) is 0 Å². The molecule has 10 rings (SSSR count). The molecule has 8 bridgehead atoms. The van der Waals surface area contributed by atoms with Gasteiger partial charge in [0, 0.05) is 12.0 Å². The highest BCUT2D eigenvalue weighted by Gasteiger charge is 2.85. The Morgan fingerprint density at radius 1 is 0.981 bits per heavy atom. The van der Waals surface area contributed by atoms with Crippen molar-refractivity contribution in [2.75, 3.05) is 13.2 Å². The van der Waals surface area contributed by atoms with Crippen LogP contribution >= 0.6 is 0 Å². The first-order chi connectivity index (χ1) is 25.7. The number of aliphatic hydroxyl groups excluding tert-OH is 1. The van der Waals surface area contributed by atoms with Crippen LogP contribution < -0.4 is 0 Å². The summed E-state index contributed by atoms with van der Waals surface area (Å²) in [5, 5.41) is 11.8. The molecular weight excluding hydrogens is 672 g/mol. The van der Waals surface area contributed by atoms with E-state index >= 15 is 4.79 Å². The monoisotopic (exact) mass is 726 g/mol. The van der Waals surface area contributed by atoms with Gasteiger partial charge in [-0.05, 0) is 66.4 Å². The van der Waals surface area contributed by atoms with Gasteiger partial charge in [0.05, 0.1) is 12.0 Å². The Morgan fingerprint density at radius 3 is 2.36 bits per heavy atom. The first kappa shape index (κ1) is 35.8. The van der Waals surface area contributed by atoms with Crippen molar-refractivity contribution in [1.82, 2.24) is 0 Å². The lowest BCUT2D eigenvalue weighted by atomic mass is 9.43. The van der Waals surface area contributed by atoms with Crippen molar-refractivity contribution in [2.45, 2.75) is 115 Å². The third kappa shape index (κ3) is 4.83. The van der Waals surface area contributed by atoms with Crippen molar-refractivity contribution in [3.05, 3.63) is 83.4 Å². The van der Waals surface area contributed by atoms with E-state index in [1.165, 1.54) is 0 Å². The molecule has 3 saturated carbocycles. The second-order valence-corrected chi connectivity index (χ2v) is 17.3. The van der Waals surface area contributed by atoms with Crippen molar-refractivity contribution in [2.24, 2.45) is 45.8 Å². The highest BCUT2D eigenvalue weighted by atomic mass is 17.0. The van der Waals surface area contributed by atoms with Crippen LogP contribution in [0.4, 0.5) is 0 Å². The molecule has 1 N–H and O–H groups in total. The van der Waals surface area contributed by atoms with Crippen molar-refractivity contribution in [3.8, 4) is 0 Å². The number of hydrogen-bond donors (Lipinski definition) is 1. The molecule has 4 aliphatic carbocycles. The number of esters is 1. The summed E-state index contributed by atoms with van der Waals surface area (Å²) in [6, 6.07) is 19.7. The fraction of sp³-hybridized carbons (Fsp3) is 0.636. The fourth-order valence-electron chi connectivity index (χ4n) is 12.4. The maximum Gasteiger partial charge on any atom is 0.318 e. The molecule has 4 saturated heterocycles. The molecule has 13 unspecified atom stereocenters. The Hall–Kier alpha value is -2.92. The number of aldehydes is 1. The lowest BCUT2D eigenvalue weighted by molar-refractivity contribution is -0.448. The van der Waals surface area contributed by atoms with E-state index < -0.39 is 59.0 Å². The molecule has 0 radical (unpaired) electrons. The van der Waals surface area contributed by atoms with Crippen LogP contribution in [0.2, 0.25) is 0 Å². The maximum absolute atomic E-state index is 15.8. The molecule has 2 aromatic rings. The topological polar surface area (TPSA) is 110 Å². The van der Waals surface area contributed by atoms with E-state index in [4.69, 9.17) is 28.4 Å². The molecule has 9 nitrogen and oxygen atoms in total. The summed E-state index contributed by atoms with van der Waals surface area (Å²) in [5.41, 5.74) is -0.395. The van der Waals surface area contributed by atoms with Crippen LogP contribution in [0.1, 0.15) is 89.9 Å². The third-order valence-corrected chi connectivity index (χ3v) is 14.6. The first-order valence-electron chi connectivity index (χ1n) is 20.1. The number of carbonyl (C=O) groups excluding carboxylic acids is 2. The lowest BCUT2D eigenvalue weighted by Gasteiger charge is -2.59. The number of ether oxygens (including phenoxy) is 6. The number of unbranched alkanes of at least 4 members (excludes halogenated alkanes) is 2. The Kier molecular flexibility index (Phi) is 8.84. The van der Waals surface area contributed by atoms with Gasteiger partial charge in [-0.1, -0.05) is 119 Å². The van der Waals surface area contributed by atoms with E-state index in [0.717, 1.165) is 55.1 Å². The van der Waals surface area contributed by atoms with E-state index in [0.29, 0.717) is 25.4 Å². The van der Waals surface area contributed by atoms with Crippen LogP contribution in [0.15, 0.2) is 72.3 Å². The zero-order valence-corrected chi connectivity index (χ0v) is 31.4. The smallest absolute Gasteiger partial charge is 0.318 e. The van der Waals surface area contributed by atoms with Gasteiger partial charge in [0.25, 0.3) is 0 Å². The van der Waals surface area contributed by atoms with Gasteiger partial charge >= 0.3 is 11.9 Å². The lowest BCUT2D eigenvalue weighted by Crippen LogP contribution is -2.66. The molecule has 2 aromatic carbocycles. The SMILES string of the molecule is CCCCCOC1C2OC3(OCC45CC6C(C)CCC6C6(C=O)CC4C=C(C(C)C)C65C(=O)OC(c4ccccc4)c4ccccc4)OC2OC1C3O. The summed E-state index contributed by atoms with van der Waals surface area (Å²) >= 11 is 0. The van der Waals surface area contributed by atoms with Gasteiger partial charge < -0.3 is 33.6 Å². The number of fused-ring (bicyclic) bond motifs is 2.